The lowest BCUT2D eigenvalue weighted by atomic mass is 10.0. The van der Waals surface area contributed by atoms with Crippen molar-refractivity contribution in [3.8, 4) is 0 Å². The summed E-state index contributed by atoms with van der Waals surface area (Å²) in [5, 5.41) is 11.4. The summed E-state index contributed by atoms with van der Waals surface area (Å²) in [5.41, 5.74) is 1.22. The highest BCUT2D eigenvalue weighted by atomic mass is 16.2. The Kier molecular flexibility index (Phi) is 9.08. The van der Waals surface area contributed by atoms with Gasteiger partial charge in [-0.2, -0.15) is 0 Å². The number of benzene rings is 2. The fourth-order valence-corrected chi connectivity index (χ4v) is 1.63. The zero-order valence-corrected chi connectivity index (χ0v) is 11.4. The molecular weight excluding hydrogens is 208 g/mol. The van der Waals surface area contributed by atoms with E-state index in [0.717, 1.165) is 6.42 Å². The second-order valence-corrected chi connectivity index (χ2v) is 3.11. The molecule has 0 amide bonds. The van der Waals surface area contributed by atoms with E-state index in [9.17, 15) is 0 Å². The van der Waals surface area contributed by atoms with E-state index >= 15 is 0 Å². The van der Waals surface area contributed by atoms with Crippen LogP contribution in [0.1, 0.15) is 33.3 Å². The average Bonchev–Trinajstić information content (AvgIpc) is 2.44. The number of rotatable bonds is 2. The molecule has 0 saturated carbocycles. The maximum atomic E-state index is 8.88. The average molecular weight is 232 g/mol. The molecule has 2 aromatic carbocycles. The molecule has 17 heavy (non-hydrogen) atoms. The minimum atomic E-state index is 0.216. The van der Waals surface area contributed by atoms with Crippen molar-refractivity contribution in [2.75, 3.05) is 6.61 Å². The van der Waals surface area contributed by atoms with Crippen molar-refractivity contribution in [2.45, 2.75) is 34.1 Å². The highest BCUT2D eigenvalue weighted by Gasteiger charge is 1.97. The van der Waals surface area contributed by atoms with Crippen molar-refractivity contribution in [1.82, 2.24) is 0 Å². The Bertz CT molecular complexity index is 402. The van der Waals surface area contributed by atoms with Gasteiger partial charge < -0.3 is 5.11 Å². The lowest BCUT2D eigenvalue weighted by Gasteiger charge is -2.03. The number of fused-ring (bicyclic) bond motifs is 1. The molecule has 1 N–H and O–H groups in total. The van der Waals surface area contributed by atoms with E-state index in [2.05, 4.69) is 24.3 Å². The van der Waals surface area contributed by atoms with E-state index in [-0.39, 0.29) is 6.61 Å². The van der Waals surface area contributed by atoms with Gasteiger partial charge in [0.2, 0.25) is 0 Å². The van der Waals surface area contributed by atoms with Crippen LogP contribution in [0.25, 0.3) is 10.8 Å². The Balaban J connectivity index is 0.000000581. The summed E-state index contributed by atoms with van der Waals surface area (Å²) in [6.07, 6.45) is 0.737. The summed E-state index contributed by atoms with van der Waals surface area (Å²) >= 11 is 0. The van der Waals surface area contributed by atoms with Crippen molar-refractivity contribution >= 4 is 10.8 Å². The van der Waals surface area contributed by atoms with E-state index in [0.29, 0.717) is 0 Å². The normalized spacial score (nSPS) is 8.76. The number of aliphatic hydroxyl groups excluding tert-OH is 1. The molecule has 0 bridgehead atoms. The third kappa shape index (κ3) is 4.58. The van der Waals surface area contributed by atoms with Gasteiger partial charge in [0.1, 0.15) is 0 Å². The molecule has 0 spiro atoms. The van der Waals surface area contributed by atoms with Gasteiger partial charge in [-0.25, -0.2) is 0 Å². The van der Waals surface area contributed by atoms with E-state index in [4.69, 9.17) is 5.11 Å². The van der Waals surface area contributed by atoms with Gasteiger partial charge in [0, 0.05) is 6.61 Å². The van der Waals surface area contributed by atoms with Crippen LogP contribution in [0.4, 0.5) is 0 Å². The van der Waals surface area contributed by atoms with Crippen LogP contribution in [0.3, 0.4) is 0 Å². The first-order valence-corrected chi connectivity index (χ1v) is 6.49. The molecule has 0 aromatic heterocycles. The summed E-state index contributed by atoms with van der Waals surface area (Å²) in [4.78, 5) is 0. The van der Waals surface area contributed by atoms with Gasteiger partial charge in [-0.05, 0) is 22.8 Å². The number of hydrogen-bond donors (Lipinski definition) is 1. The van der Waals surface area contributed by atoms with E-state index in [1.807, 2.05) is 45.9 Å². The minimum Gasteiger partial charge on any atom is -0.396 e. The predicted molar refractivity (Wildman–Crippen MR) is 77.4 cm³/mol. The second-order valence-electron chi connectivity index (χ2n) is 3.11. The van der Waals surface area contributed by atoms with E-state index in [1.165, 1.54) is 16.3 Å². The monoisotopic (exact) mass is 232 g/mol. The van der Waals surface area contributed by atoms with Crippen molar-refractivity contribution in [3.05, 3.63) is 48.0 Å². The van der Waals surface area contributed by atoms with Gasteiger partial charge in [0.05, 0.1) is 0 Å². The molecule has 0 aliphatic rings. The summed E-state index contributed by atoms with van der Waals surface area (Å²) in [6, 6.07) is 14.5. The molecule has 0 unspecified atom stereocenters. The van der Waals surface area contributed by atoms with Crippen LogP contribution in [-0.2, 0) is 6.42 Å². The topological polar surface area (TPSA) is 20.2 Å². The fourth-order valence-electron chi connectivity index (χ4n) is 1.63. The molecule has 0 fully saturated rings. The maximum Gasteiger partial charge on any atom is 0.0471 e. The summed E-state index contributed by atoms with van der Waals surface area (Å²) in [6.45, 7) is 8.22. The molecular formula is C16H24O. The van der Waals surface area contributed by atoms with E-state index < -0.39 is 0 Å². The van der Waals surface area contributed by atoms with Crippen LogP contribution in [0.15, 0.2) is 42.5 Å². The zero-order chi connectivity index (χ0) is 13.1. The lowest BCUT2D eigenvalue weighted by molar-refractivity contribution is 0.300. The standard InChI is InChI=1S/C12H12O.2C2H6/c13-9-8-11-6-3-5-10-4-1-2-7-12(10)11;2*1-2/h1-7,13H,8-9H2;2*1-2H3. The molecule has 0 saturated heterocycles. The van der Waals surface area contributed by atoms with Crippen molar-refractivity contribution in [3.63, 3.8) is 0 Å². The van der Waals surface area contributed by atoms with Crippen molar-refractivity contribution in [1.29, 1.82) is 0 Å². The van der Waals surface area contributed by atoms with Gasteiger partial charge in [0.25, 0.3) is 0 Å². The first kappa shape index (κ1) is 15.7. The van der Waals surface area contributed by atoms with Crippen LogP contribution >= 0.6 is 0 Å². The summed E-state index contributed by atoms with van der Waals surface area (Å²) in [5.74, 6) is 0. The van der Waals surface area contributed by atoms with E-state index in [1.54, 1.807) is 0 Å². The third-order valence-electron chi connectivity index (χ3n) is 2.26. The Morgan fingerprint density at radius 3 is 2.06 bits per heavy atom. The van der Waals surface area contributed by atoms with Gasteiger partial charge in [-0.3, -0.25) is 0 Å². The molecule has 0 aliphatic heterocycles. The maximum absolute atomic E-state index is 8.88. The first-order valence-electron chi connectivity index (χ1n) is 6.49. The van der Waals surface area contributed by atoms with Gasteiger partial charge in [-0.1, -0.05) is 70.2 Å². The molecule has 0 atom stereocenters. The Labute approximate surface area is 105 Å². The Morgan fingerprint density at radius 2 is 1.41 bits per heavy atom. The zero-order valence-electron chi connectivity index (χ0n) is 11.4. The molecule has 0 radical (unpaired) electrons. The predicted octanol–water partition coefficient (Wildman–Crippen LogP) is 4.43. The molecule has 2 aromatic rings. The number of aliphatic hydroxyl groups is 1. The third-order valence-corrected chi connectivity index (χ3v) is 2.26. The lowest BCUT2D eigenvalue weighted by Crippen LogP contribution is -1.91. The molecule has 2 rings (SSSR count). The fraction of sp³-hybridized carbons (Fsp3) is 0.375. The smallest absolute Gasteiger partial charge is 0.0471 e. The van der Waals surface area contributed by atoms with Crippen molar-refractivity contribution in [2.24, 2.45) is 0 Å². The minimum absolute atomic E-state index is 0.216. The van der Waals surface area contributed by atoms with Gasteiger partial charge in [0.15, 0.2) is 0 Å². The summed E-state index contributed by atoms with van der Waals surface area (Å²) < 4.78 is 0. The second kappa shape index (κ2) is 9.86. The largest absolute Gasteiger partial charge is 0.396 e. The van der Waals surface area contributed by atoms with Crippen LogP contribution in [0.2, 0.25) is 0 Å². The number of hydrogen-bond acceptors (Lipinski definition) is 1. The summed E-state index contributed by atoms with van der Waals surface area (Å²) in [7, 11) is 0. The quantitative estimate of drug-likeness (QED) is 0.812. The van der Waals surface area contributed by atoms with Gasteiger partial charge >= 0.3 is 0 Å². The molecule has 1 heteroatoms. The molecule has 0 aliphatic carbocycles. The van der Waals surface area contributed by atoms with Gasteiger partial charge in [-0.15, -0.1) is 0 Å². The highest BCUT2D eigenvalue weighted by molar-refractivity contribution is 5.85. The molecule has 94 valence electrons. The van der Waals surface area contributed by atoms with Crippen LogP contribution < -0.4 is 0 Å². The highest BCUT2D eigenvalue weighted by Crippen LogP contribution is 2.18. The SMILES string of the molecule is CC.CC.OCCc1cccc2ccccc12. The first-order chi connectivity index (χ1) is 8.42. The van der Waals surface area contributed by atoms with Crippen LogP contribution in [-0.4, -0.2) is 11.7 Å². The van der Waals surface area contributed by atoms with Crippen molar-refractivity contribution < 1.29 is 5.11 Å². The Hall–Kier alpha value is -1.34. The molecule has 0 heterocycles. The van der Waals surface area contributed by atoms with Crippen LogP contribution in [0, 0.1) is 0 Å². The molecule has 1 nitrogen and oxygen atoms in total. The Morgan fingerprint density at radius 1 is 0.824 bits per heavy atom. The van der Waals surface area contributed by atoms with Crippen LogP contribution in [0.5, 0.6) is 0 Å².